The van der Waals surface area contributed by atoms with Crippen molar-refractivity contribution in [3.63, 3.8) is 0 Å². The zero-order valence-corrected chi connectivity index (χ0v) is 12.2. The molecule has 1 heterocycles. The van der Waals surface area contributed by atoms with Crippen LogP contribution in [0.5, 0.6) is 0 Å². The van der Waals surface area contributed by atoms with Crippen LogP contribution in [0.3, 0.4) is 0 Å². The smallest absolute Gasteiger partial charge is 0.168 e. The predicted molar refractivity (Wildman–Crippen MR) is 71.4 cm³/mol. The third kappa shape index (κ3) is 1.83. The molecule has 3 heteroatoms. The summed E-state index contributed by atoms with van der Waals surface area (Å²) in [5.41, 5.74) is 0.866. The van der Waals surface area contributed by atoms with Gasteiger partial charge >= 0.3 is 0 Å². The van der Waals surface area contributed by atoms with E-state index in [2.05, 4.69) is 33.0 Å². The minimum Gasteiger partial charge on any atom is -0.348 e. The monoisotopic (exact) mass is 253 g/mol. The van der Waals surface area contributed by atoms with Gasteiger partial charge < -0.3 is 14.8 Å². The molecule has 3 aliphatic rings. The molecule has 2 saturated carbocycles. The van der Waals surface area contributed by atoms with Gasteiger partial charge in [0.25, 0.3) is 0 Å². The molecule has 1 spiro atoms. The minimum atomic E-state index is -0.216. The Labute approximate surface area is 111 Å². The van der Waals surface area contributed by atoms with Crippen LogP contribution in [-0.2, 0) is 9.47 Å². The van der Waals surface area contributed by atoms with E-state index in [4.69, 9.17) is 9.47 Å². The summed E-state index contributed by atoms with van der Waals surface area (Å²) in [6.07, 6.45) is 4.47. The van der Waals surface area contributed by atoms with Crippen LogP contribution >= 0.6 is 0 Å². The summed E-state index contributed by atoms with van der Waals surface area (Å²) in [5.74, 6) is -0.216. The molecule has 0 atom stereocenters. The van der Waals surface area contributed by atoms with Crippen molar-refractivity contribution in [2.24, 2.45) is 10.8 Å². The molecule has 3 fully saturated rings. The topological polar surface area (TPSA) is 30.5 Å². The van der Waals surface area contributed by atoms with Gasteiger partial charge in [-0.3, -0.25) is 0 Å². The van der Waals surface area contributed by atoms with E-state index in [9.17, 15) is 0 Å². The lowest BCUT2D eigenvalue weighted by molar-refractivity contribution is -0.179. The van der Waals surface area contributed by atoms with Gasteiger partial charge in [-0.25, -0.2) is 0 Å². The minimum absolute atomic E-state index is 0.216. The van der Waals surface area contributed by atoms with Crippen LogP contribution < -0.4 is 5.32 Å². The van der Waals surface area contributed by atoms with Crippen molar-refractivity contribution in [3.05, 3.63) is 0 Å². The molecule has 0 aromatic rings. The highest BCUT2D eigenvalue weighted by molar-refractivity contribution is 5.18. The summed E-state index contributed by atoms with van der Waals surface area (Å²) < 4.78 is 11.6. The van der Waals surface area contributed by atoms with Crippen LogP contribution in [0, 0.1) is 10.8 Å². The van der Waals surface area contributed by atoms with Crippen molar-refractivity contribution in [2.75, 3.05) is 13.2 Å². The largest absolute Gasteiger partial charge is 0.348 e. The van der Waals surface area contributed by atoms with E-state index < -0.39 is 0 Å². The maximum absolute atomic E-state index is 5.78. The Morgan fingerprint density at radius 1 is 0.889 bits per heavy atom. The summed E-state index contributed by atoms with van der Waals surface area (Å²) in [6.45, 7) is 11.0. The van der Waals surface area contributed by atoms with Crippen LogP contribution in [-0.4, -0.2) is 31.1 Å². The van der Waals surface area contributed by atoms with Gasteiger partial charge in [-0.15, -0.1) is 0 Å². The van der Waals surface area contributed by atoms with E-state index in [-0.39, 0.29) is 5.79 Å². The molecule has 3 nitrogen and oxygen atoms in total. The maximum Gasteiger partial charge on any atom is 0.168 e. The standard InChI is InChI=1S/C15H27NO2/c1-13(2)12(14(13,3)4)16-11-5-7-15(8-6-11)17-9-10-18-15/h11-12,16H,5-10H2,1-4H3. The Kier molecular flexibility index (Phi) is 2.82. The van der Waals surface area contributed by atoms with Crippen LogP contribution in [0.2, 0.25) is 0 Å². The van der Waals surface area contributed by atoms with Crippen molar-refractivity contribution in [3.8, 4) is 0 Å². The normalized spacial score (nSPS) is 34.0. The van der Waals surface area contributed by atoms with Gasteiger partial charge in [0, 0.05) is 24.9 Å². The third-order valence-electron chi connectivity index (χ3n) is 5.98. The second-order valence-corrected chi connectivity index (χ2v) is 7.42. The van der Waals surface area contributed by atoms with Gasteiger partial charge in [0.1, 0.15) is 0 Å². The highest BCUT2D eigenvalue weighted by Gasteiger charge is 2.65. The first-order valence-corrected chi connectivity index (χ1v) is 7.41. The second kappa shape index (κ2) is 3.94. The fourth-order valence-corrected chi connectivity index (χ4v) is 3.86. The van der Waals surface area contributed by atoms with E-state index in [0.717, 1.165) is 26.1 Å². The van der Waals surface area contributed by atoms with Crippen molar-refractivity contribution in [1.29, 1.82) is 0 Å². The van der Waals surface area contributed by atoms with Crippen molar-refractivity contribution in [2.45, 2.75) is 71.2 Å². The van der Waals surface area contributed by atoms with E-state index >= 15 is 0 Å². The van der Waals surface area contributed by atoms with E-state index in [1.165, 1.54) is 12.8 Å². The Hall–Kier alpha value is -0.120. The van der Waals surface area contributed by atoms with E-state index in [1.807, 2.05) is 0 Å². The van der Waals surface area contributed by atoms with E-state index in [1.54, 1.807) is 0 Å². The maximum atomic E-state index is 5.78. The first-order chi connectivity index (χ1) is 8.37. The van der Waals surface area contributed by atoms with Gasteiger partial charge in [0.2, 0.25) is 0 Å². The molecule has 1 aliphatic heterocycles. The first kappa shape index (κ1) is 12.9. The molecule has 2 aliphatic carbocycles. The average molecular weight is 253 g/mol. The Balaban J connectivity index is 1.52. The zero-order valence-electron chi connectivity index (χ0n) is 12.2. The van der Waals surface area contributed by atoms with Crippen molar-refractivity contribution < 1.29 is 9.47 Å². The summed E-state index contributed by atoms with van der Waals surface area (Å²) in [5, 5.41) is 3.87. The molecule has 0 unspecified atom stereocenters. The lowest BCUT2D eigenvalue weighted by Crippen LogP contribution is -2.43. The van der Waals surface area contributed by atoms with Gasteiger partial charge in [-0.1, -0.05) is 27.7 Å². The van der Waals surface area contributed by atoms with E-state index in [0.29, 0.717) is 22.9 Å². The Morgan fingerprint density at radius 2 is 1.39 bits per heavy atom. The van der Waals surface area contributed by atoms with Crippen molar-refractivity contribution >= 4 is 0 Å². The Morgan fingerprint density at radius 3 is 1.83 bits per heavy atom. The molecule has 18 heavy (non-hydrogen) atoms. The quantitative estimate of drug-likeness (QED) is 0.821. The predicted octanol–water partition coefficient (Wildman–Crippen LogP) is 2.70. The first-order valence-electron chi connectivity index (χ1n) is 7.41. The van der Waals surface area contributed by atoms with Gasteiger partial charge in [0.05, 0.1) is 13.2 Å². The number of hydrogen-bond acceptors (Lipinski definition) is 3. The molecule has 3 rings (SSSR count). The van der Waals surface area contributed by atoms with Gasteiger partial charge in [-0.05, 0) is 23.7 Å². The lowest BCUT2D eigenvalue weighted by atomic mass is 9.90. The lowest BCUT2D eigenvalue weighted by Gasteiger charge is -2.36. The molecule has 0 radical (unpaired) electrons. The fraction of sp³-hybridized carbons (Fsp3) is 1.00. The van der Waals surface area contributed by atoms with Crippen LogP contribution in [0.25, 0.3) is 0 Å². The average Bonchev–Trinajstić information content (AvgIpc) is 2.71. The molecule has 0 amide bonds. The van der Waals surface area contributed by atoms with Crippen LogP contribution in [0.4, 0.5) is 0 Å². The number of rotatable bonds is 2. The molecule has 104 valence electrons. The second-order valence-electron chi connectivity index (χ2n) is 7.42. The van der Waals surface area contributed by atoms with Crippen LogP contribution in [0.15, 0.2) is 0 Å². The molecule has 0 aromatic carbocycles. The molecule has 0 aromatic heterocycles. The molecular formula is C15H27NO2. The Bertz CT molecular complexity index is 307. The fourth-order valence-electron chi connectivity index (χ4n) is 3.86. The third-order valence-corrected chi connectivity index (χ3v) is 5.98. The number of ether oxygens (including phenoxy) is 2. The van der Waals surface area contributed by atoms with Crippen LogP contribution in [0.1, 0.15) is 53.4 Å². The van der Waals surface area contributed by atoms with Gasteiger partial charge in [0.15, 0.2) is 5.79 Å². The number of nitrogens with one attached hydrogen (secondary N) is 1. The van der Waals surface area contributed by atoms with Gasteiger partial charge in [-0.2, -0.15) is 0 Å². The summed E-state index contributed by atoms with van der Waals surface area (Å²) in [7, 11) is 0. The molecular weight excluding hydrogens is 226 g/mol. The number of hydrogen-bond donors (Lipinski definition) is 1. The summed E-state index contributed by atoms with van der Waals surface area (Å²) >= 11 is 0. The molecule has 1 N–H and O–H groups in total. The highest BCUT2D eigenvalue weighted by atomic mass is 16.7. The SMILES string of the molecule is CC1(C)C(NC2CCC3(CC2)OCCO3)C1(C)C. The summed E-state index contributed by atoms with van der Waals surface area (Å²) in [6, 6.07) is 1.31. The molecule has 1 saturated heterocycles. The highest BCUT2D eigenvalue weighted by Crippen LogP contribution is 2.63. The van der Waals surface area contributed by atoms with Crippen molar-refractivity contribution in [1.82, 2.24) is 5.32 Å². The summed E-state index contributed by atoms with van der Waals surface area (Å²) in [4.78, 5) is 0. The zero-order chi connectivity index (χ0) is 13.0. The molecule has 0 bridgehead atoms.